The Morgan fingerprint density at radius 1 is 1.10 bits per heavy atom. The molecule has 0 aliphatic carbocycles. The third-order valence-electron chi connectivity index (χ3n) is 5.57. The maximum Gasteiger partial charge on any atom is 0.267 e. The first-order chi connectivity index (χ1) is 15.1. The highest BCUT2D eigenvalue weighted by atomic mass is 79.9. The molecule has 8 heteroatoms. The number of carbonyl (C=O) groups is 2. The maximum absolute atomic E-state index is 13.0. The van der Waals surface area contributed by atoms with Crippen molar-refractivity contribution in [3.63, 3.8) is 0 Å². The zero-order chi connectivity index (χ0) is 21.4. The van der Waals surface area contributed by atoms with Crippen LogP contribution in [-0.2, 0) is 9.59 Å². The molecule has 5 rings (SSSR count). The molecule has 2 amide bonds. The minimum atomic E-state index is -0.401. The molecule has 2 heterocycles. The van der Waals surface area contributed by atoms with Gasteiger partial charge in [-0.05, 0) is 47.0 Å². The first-order valence-electron chi connectivity index (χ1n) is 10.0. The number of amides is 2. The van der Waals surface area contributed by atoms with Crippen molar-refractivity contribution in [2.45, 2.75) is 18.5 Å². The number of anilines is 1. The molecule has 0 spiro atoms. The van der Waals surface area contributed by atoms with Crippen LogP contribution in [0.15, 0.2) is 76.3 Å². The van der Waals surface area contributed by atoms with Gasteiger partial charge in [-0.3, -0.25) is 14.6 Å². The van der Waals surface area contributed by atoms with E-state index in [0.29, 0.717) is 12.1 Å². The van der Waals surface area contributed by atoms with Gasteiger partial charge < -0.3 is 5.32 Å². The Kier molecular flexibility index (Phi) is 5.17. The van der Waals surface area contributed by atoms with Crippen LogP contribution in [0, 0.1) is 0 Å². The van der Waals surface area contributed by atoms with Crippen LogP contribution in [0.1, 0.15) is 18.0 Å². The van der Waals surface area contributed by atoms with Gasteiger partial charge in [0.15, 0.2) is 0 Å². The van der Waals surface area contributed by atoms with Crippen LogP contribution in [0.3, 0.4) is 0 Å². The number of rotatable bonds is 4. The number of fused-ring (bicyclic) bond motifs is 2. The summed E-state index contributed by atoms with van der Waals surface area (Å²) in [6.45, 7) is -0.130. The van der Waals surface area contributed by atoms with Crippen LogP contribution >= 0.6 is 15.9 Å². The Hall–Kier alpha value is -3.23. The Morgan fingerprint density at radius 2 is 1.87 bits per heavy atom. The third kappa shape index (κ3) is 3.92. The summed E-state index contributed by atoms with van der Waals surface area (Å²) in [7, 11) is 0. The molecule has 2 unspecified atom stereocenters. The van der Waals surface area contributed by atoms with Gasteiger partial charge in [0.1, 0.15) is 18.9 Å². The summed E-state index contributed by atoms with van der Waals surface area (Å²) in [6, 6.07) is 21.3. The van der Waals surface area contributed by atoms with Gasteiger partial charge in [-0.25, -0.2) is 10.4 Å². The van der Waals surface area contributed by atoms with E-state index in [-0.39, 0.29) is 24.4 Å². The summed E-state index contributed by atoms with van der Waals surface area (Å²) >= 11 is 3.36. The molecule has 0 radical (unpaired) electrons. The van der Waals surface area contributed by atoms with Gasteiger partial charge in [0, 0.05) is 10.2 Å². The molecule has 2 atom stereocenters. The molecule has 31 heavy (non-hydrogen) atoms. The van der Waals surface area contributed by atoms with Gasteiger partial charge in [-0.2, -0.15) is 5.10 Å². The summed E-state index contributed by atoms with van der Waals surface area (Å²) in [5.41, 5.74) is 5.20. The summed E-state index contributed by atoms with van der Waals surface area (Å²) < 4.78 is 0.927. The Morgan fingerprint density at radius 3 is 2.71 bits per heavy atom. The van der Waals surface area contributed by atoms with Gasteiger partial charge in [-0.15, -0.1) is 0 Å². The van der Waals surface area contributed by atoms with Gasteiger partial charge >= 0.3 is 0 Å². The van der Waals surface area contributed by atoms with Crippen LogP contribution in [0.25, 0.3) is 10.8 Å². The number of benzene rings is 3. The molecular weight excluding hydrogens is 458 g/mol. The molecular formula is C23H20BrN5O2. The van der Waals surface area contributed by atoms with Crippen molar-refractivity contribution in [2.24, 2.45) is 5.10 Å². The number of hydrogen-bond donors (Lipinski definition) is 2. The quantitative estimate of drug-likeness (QED) is 0.601. The lowest BCUT2D eigenvalue weighted by molar-refractivity contribution is -0.139. The fraction of sp³-hybridized carbons (Fsp3) is 0.174. The zero-order valence-electron chi connectivity index (χ0n) is 16.5. The molecule has 2 aliphatic rings. The number of halogens is 1. The fourth-order valence-electron chi connectivity index (χ4n) is 4.08. The molecule has 156 valence electrons. The van der Waals surface area contributed by atoms with Crippen LogP contribution in [-0.4, -0.2) is 40.8 Å². The van der Waals surface area contributed by atoms with Crippen molar-refractivity contribution in [3.05, 3.63) is 76.8 Å². The van der Waals surface area contributed by atoms with E-state index in [0.717, 1.165) is 20.8 Å². The van der Waals surface area contributed by atoms with Crippen molar-refractivity contribution in [3.8, 4) is 0 Å². The minimum absolute atomic E-state index is 0.0111. The van der Waals surface area contributed by atoms with Crippen LogP contribution < -0.4 is 10.7 Å². The van der Waals surface area contributed by atoms with E-state index in [1.54, 1.807) is 23.5 Å². The van der Waals surface area contributed by atoms with E-state index in [1.807, 2.05) is 30.3 Å². The molecule has 1 saturated heterocycles. The number of hydrogen-bond acceptors (Lipinski definition) is 5. The normalized spacial score (nSPS) is 20.2. The lowest BCUT2D eigenvalue weighted by atomic mass is 9.96. The summed E-state index contributed by atoms with van der Waals surface area (Å²) in [5, 5.41) is 12.3. The molecule has 3 aromatic carbocycles. The monoisotopic (exact) mass is 477 g/mol. The average Bonchev–Trinajstić information content (AvgIpc) is 3.22. The van der Waals surface area contributed by atoms with Crippen LogP contribution in [0.2, 0.25) is 0 Å². The number of nitrogens with zero attached hydrogens (tertiary/aromatic N) is 3. The number of hydrazone groups is 1. The van der Waals surface area contributed by atoms with Gasteiger partial charge in [-0.1, -0.05) is 58.4 Å². The average molecular weight is 478 g/mol. The molecule has 1 fully saturated rings. The van der Waals surface area contributed by atoms with Crippen molar-refractivity contribution in [1.29, 1.82) is 0 Å². The van der Waals surface area contributed by atoms with Crippen molar-refractivity contribution >= 4 is 50.5 Å². The highest BCUT2D eigenvalue weighted by Crippen LogP contribution is 2.33. The number of hydrazine groups is 1. The Bertz CT molecular complexity index is 1170. The lowest BCUT2D eigenvalue weighted by Gasteiger charge is -2.29. The van der Waals surface area contributed by atoms with Crippen LogP contribution in [0.4, 0.5) is 5.69 Å². The fourth-order valence-corrected chi connectivity index (χ4v) is 4.34. The van der Waals surface area contributed by atoms with Gasteiger partial charge in [0.2, 0.25) is 5.91 Å². The predicted octanol–water partition coefficient (Wildman–Crippen LogP) is 3.65. The first kappa shape index (κ1) is 19.7. The van der Waals surface area contributed by atoms with E-state index >= 15 is 0 Å². The minimum Gasteiger partial charge on any atom is -0.324 e. The molecule has 2 N–H and O–H groups in total. The smallest absolute Gasteiger partial charge is 0.267 e. The summed E-state index contributed by atoms with van der Waals surface area (Å²) in [4.78, 5) is 25.4. The highest BCUT2D eigenvalue weighted by Gasteiger charge is 2.41. The number of carbonyl (C=O) groups excluding carboxylic acids is 2. The molecule has 0 aromatic heterocycles. The van der Waals surface area contributed by atoms with Crippen molar-refractivity contribution < 1.29 is 9.59 Å². The second-order valence-electron chi connectivity index (χ2n) is 7.59. The first-order valence-corrected chi connectivity index (χ1v) is 10.8. The number of nitrogens with one attached hydrogen (secondary N) is 2. The lowest BCUT2D eigenvalue weighted by Crippen LogP contribution is -2.52. The van der Waals surface area contributed by atoms with E-state index in [1.165, 1.54) is 5.01 Å². The van der Waals surface area contributed by atoms with E-state index in [2.05, 4.69) is 56.0 Å². The standard InChI is InChI=1S/C23H20BrN5O2/c24-16-8-10-17(11-9-16)26-22(30)13-28-23(31)21-12-20(27-29(21)14-25-28)19-7-3-5-15-4-1-2-6-18(15)19/h1-11,14,20-21,27H,12-13H2,(H,26,30). The molecule has 2 aliphatic heterocycles. The Balaban J connectivity index is 1.28. The maximum atomic E-state index is 13.0. The van der Waals surface area contributed by atoms with Crippen LogP contribution in [0.5, 0.6) is 0 Å². The largest absolute Gasteiger partial charge is 0.324 e. The van der Waals surface area contributed by atoms with Gasteiger partial charge in [0.05, 0.1) is 6.04 Å². The van der Waals surface area contributed by atoms with E-state index in [9.17, 15) is 9.59 Å². The van der Waals surface area contributed by atoms with E-state index < -0.39 is 6.04 Å². The van der Waals surface area contributed by atoms with Crippen molar-refractivity contribution in [1.82, 2.24) is 15.4 Å². The predicted molar refractivity (Wildman–Crippen MR) is 123 cm³/mol. The second kappa shape index (κ2) is 8.13. The topological polar surface area (TPSA) is 77.0 Å². The second-order valence-corrected chi connectivity index (χ2v) is 8.51. The van der Waals surface area contributed by atoms with Crippen molar-refractivity contribution in [2.75, 3.05) is 11.9 Å². The Labute approximate surface area is 187 Å². The third-order valence-corrected chi connectivity index (χ3v) is 6.10. The summed E-state index contributed by atoms with van der Waals surface area (Å²) in [6.07, 6.45) is 2.19. The molecule has 7 nitrogen and oxygen atoms in total. The molecule has 3 aromatic rings. The highest BCUT2D eigenvalue weighted by molar-refractivity contribution is 9.10. The van der Waals surface area contributed by atoms with Gasteiger partial charge in [0.25, 0.3) is 5.91 Å². The SMILES string of the molecule is O=C(CN1N=CN2NC(c3cccc4ccccc34)CC2C1=O)Nc1ccc(Br)cc1. The zero-order valence-corrected chi connectivity index (χ0v) is 18.1. The van der Waals surface area contributed by atoms with E-state index in [4.69, 9.17) is 0 Å². The summed E-state index contributed by atoms with van der Waals surface area (Å²) in [5.74, 6) is -0.485. The molecule has 0 saturated carbocycles. The molecule has 0 bridgehead atoms.